The van der Waals surface area contributed by atoms with Crippen LogP contribution in [-0.2, 0) is 11.3 Å². The molecule has 0 radical (unpaired) electrons. The van der Waals surface area contributed by atoms with Crippen molar-refractivity contribution in [3.8, 4) is 28.3 Å². The van der Waals surface area contributed by atoms with Gasteiger partial charge in [0.1, 0.15) is 5.69 Å². The van der Waals surface area contributed by atoms with Crippen molar-refractivity contribution in [1.82, 2.24) is 10.3 Å². The Kier molecular flexibility index (Phi) is 5.23. The van der Waals surface area contributed by atoms with Gasteiger partial charge in [0, 0.05) is 24.2 Å². The number of rotatable bonds is 6. The third kappa shape index (κ3) is 4.14. The monoisotopic (exact) mass is 429 g/mol. The second kappa shape index (κ2) is 8.34. The second-order valence-corrected chi connectivity index (χ2v) is 8.17. The summed E-state index contributed by atoms with van der Waals surface area (Å²) in [6, 6.07) is 19.6. The van der Waals surface area contributed by atoms with Gasteiger partial charge in [0.2, 0.25) is 5.88 Å². The fourth-order valence-electron chi connectivity index (χ4n) is 3.90. The number of carbonyl (C=O) groups is 2. The SMILES string of the molecule is O=C(O)NCc1ccc(-c2nc3c(cc2-c2ccccc2)N(CC2CC2)C(=O)CO3)cc1. The number of anilines is 1. The Bertz CT molecular complexity index is 1160. The molecule has 162 valence electrons. The number of nitrogens with one attached hydrogen (secondary N) is 1. The molecule has 1 fully saturated rings. The number of nitrogens with zero attached hydrogens (tertiary/aromatic N) is 2. The number of pyridine rings is 1. The fraction of sp³-hybridized carbons (Fsp3) is 0.240. The van der Waals surface area contributed by atoms with E-state index in [1.54, 1.807) is 0 Å². The highest BCUT2D eigenvalue weighted by molar-refractivity contribution is 5.99. The first-order valence-electron chi connectivity index (χ1n) is 10.7. The van der Waals surface area contributed by atoms with E-state index in [4.69, 9.17) is 14.8 Å². The number of hydrogen-bond donors (Lipinski definition) is 2. The van der Waals surface area contributed by atoms with Crippen LogP contribution in [0.25, 0.3) is 22.4 Å². The van der Waals surface area contributed by atoms with Gasteiger partial charge in [-0.25, -0.2) is 9.78 Å². The van der Waals surface area contributed by atoms with Crippen LogP contribution in [0.2, 0.25) is 0 Å². The Morgan fingerprint density at radius 1 is 1.09 bits per heavy atom. The predicted octanol–water partition coefficient (Wildman–Crippen LogP) is 4.32. The topological polar surface area (TPSA) is 91.8 Å². The fourth-order valence-corrected chi connectivity index (χ4v) is 3.90. The quantitative estimate of drug-likeness (QED) is 0.609. The van der Waals surface area contributed by atoms with E-state index < -0.39 is 6.09 Å². The van der Waals surface area contributed by atoms with E-state index >= 15 is 0 Å². The van der Waals surface area contributed by atoms with E-state index in [-0.39, 0.29) is 19.1 Å². The molecule has 1 saturated carbocycles. The van der Waals surface area contributed by atoms with Gasteiger partial charge in [0.05, 0.1) is 5.69 Å². The van der Waals surface area contributed by atoms with Crippen molar-refractivity contribution >= 4 is 17.7 Å². The molecule has 1 aromatic heterocycles. The van der Waals surface area contributed by atoms with Gasteiger partial charge in [-0.15, -0.1) is 0 Å². The Hall–Kier alpha value is -3.87. The zero-order valence-electron chi connectivity index (χ0n) is 17.5. The molecule has 2 amide bonds. The standard InChI is InChI=1S/C25H23N3O4/c29-22-15-32-24-21(28(22)14-17-6-7-17)12-20(18-4-2-1-3-5-18)23(27-24)19-10-8-16(9-11-19)13-26-25(30)31/h1-5,8-12,17,26H,6-7,13-15H2,(H,30,31). The smallest absolute Gasteiger partial charge is 0.404 e. The minimum atomic E-state index is -1.06. The van der Waals surface area contributed by atoms with Crippen LogP contribution in [0.3, 0.4) is 0 Å². The van der Waals surface area contributed by atoms with Crippen LogP contribution in [0.4, 0.5) is 10.5 Å². The van der Waals surface area contributed by atoms with E-state index in [0.717, 1.165) is 46.5 Å². The second-order valence-electron chi connectivity index (χ2n) is 8.17. The molecular weight excluding hydrogens is 406 g/mol. The van der Waals surface area contributed by atoms with Crippen LogP contribution >= 0.6 is 0 Å². The number of ether oxygens (including phenoxy) is 1. The van der Waals surface area contributed by atoms with Gasteiger partial charge < -0.3 is 20.1 Å². The Morgan fingerprint density at radius 2 is 1.84 bits per heavy atom. The average Bonchev–Trinajstić information content (AvgIpc) is 3.64. The number of carboxylic acid groups (broad SMARTS) is 1. The molecule has 1 aliphatic heterocycles. The third-order valence-electron chi connectivity index (χ3n) is 5.79. The van der Waals surface area contributed by atoms with Crippen molar-refractivity contribution in [3.63, 3.8) is 0 Å². The molecule has 0 saturated heterocycles. The molecule has 2 aliphatic rings. The minimum absolute atomic E-state index is 0.00333. The molecule has 32 heavy (non-hydrogen) atoms. The van der Waals surface area contributed by atoms with Crippen molar-refractivity contribution in [1.29, 1.82) is 0 Å². The lowest BCUT2D eigenvalue weighted by atomic mass is 9.97. The van der Waals surface area contributed by atoms with Gasteiger partial charge in [0.15, 0.2) is 6.61 Å². The molecule has 7 heteroatoms. The highest BCUT2D eigenvalue weighted by Crippen LogP contribution is 2.42. The number of hydrogen-bond acceptors (Lipinski definition) is 4. The Labute approximate surface area is 185 Å². The van der Waals surface area contributed by atoms with Gasteiger partial charge in [0.25, 0.3) is 5.91 Å². The lowest BCUT2D eigenvalue weighted by Gasteiger charge is -2.30. The van der Waals surface area contributed by atoms with Crippen molar-refractivity contribution in [2.24, 2.45) is 5.92 Å². The average molecular weight is 429 g/mol. The van der Waals surface area contributed by atoms with Gasteiger partial charge >= 0.3 is 6.09 Å². The first-order valence-corrected chi connectivity index (χ1v) is 10.7. The number of aromatic nitrogens is 1. The zero-order valence-corrected chi connectivity index (χ0v) is 17.5. The molecule has 0 bridgehead atoms. The molecule has 2 heterocycles. The van der Waals surface area contributed by atoms with Crippen LogP contribution < -0.4 is 15.0 Å². The molecule has 1 aliphatic carbocycles. The van der Waals surface area contributed by atoms with Gasteiger partial charge in [-0.2, -0.15) is 0 Å². The third-order valence-corrected chi connectivity index (χ3v) is 5.79. The summed E-state index contributed by atoms with van der Waals surface area (Å²) in [6.45, 7) is 0.937. The number of amides is 2. The van der Waals surface area contributed by atoms with Crippen LogP contribution in [-0.4, -0.2) is 35.2 Å². The van der Waals surface area contributed by atoms with Crippen LogP contribution in [0.15, 0.2) is 60.7 Å². The Balaban J connectivity index is 1.57. The lowest BCUT2D eigenvalue weighted by Crippen LogP contribution is -2.40. The summed E-state index contributed by atoms with van der Waals surface area (Å²) in [5.41, 5.74) is 5.14. The molecule has 7 nitrogen and oxygen atoms in total. The Morgan fingerprint density at radius 3 is 2.53 bits per heavy atom. The molecule has 0 spiro atoms. The summed E-state index contributed by atoms with van der Waals surface area (Å²) in [5.74, 6) is 0.988. The highest BCUT2D eigenvalue weighted by atomic mass is 16.5. The maximum absolute atomic E-state index is 12.6. The maximum Gasteiger partial charge on any atom is 0.404 e. The molecule has 3 aromatic rings. The first kappa shape index (κ1) is 20.1. The van der Waals surface area contributed by atoms with E-state index in [2.05, 4.69) is 5.32 Å². The number of benzene rings is 2. The van der Waals surface area contributed by atoms with Gasteiger partial charge in [-0.05, 0) is 36.0 Å². The number of carbonyl (C=O) groups excluding carboxylic acids is 1. The maximum atomic E-state index is 12.6. The molecular formula is C25H23N3O4. The summed E-state index contributed by atoms with van der Waals surface area (Å²) < 4.78 is 5.73. The van der Waals surface area contributed by atoms with E-state index in [9.17, 15) is 9.59 Å². The number of fused-ring (bicyclic) bond motifs is 1. The first-order chi connectivity index (χ1) is 15.6. The van der Waals surface area contributed by atoms with E-state index in [1.807, 2.05) is 65.6 Å². The van der Waals surface area contributed by atoms with Crippen molar-refractivity contribution < 1.29 is 19.4 Å². The summed E-state index contributed by atoms with van der Waals surface area (Å²) in [6.07, 6.45) is 1.25. The summed E-state index contributed by atoms with van der Waals surface area (Å²) in [4.78, 5) is 30.0. The van der Waals surface area contributed by atoms with E-state index in [1.165, 1.54) is 0 Å². The van der Waals surface area contributed by atoms with Crippen LogP contribution in [0, 0.1) is 5.92 Å². The zero-order chi connectivity index (χ0) is 22.1. The van der Waals surface area contributed by atoms with E-state index in [0.29, 0.717) is 18.3 Å². The highest BCUT2D eigenvalue weighted by Gasteiger charge is 2.33. The van der Waals surface area contributed by atoms with Gasteiger partial charge in [-0.3, -0.25) is 4.79 Å². The molecule has 0 atom stereocenters. The van der Waals surface area contributed by atoms with Gasteiger partial charge in [-0.1, -0.05) is 54.6 Å². The van der Waals surface area contributed by atoms with Crippen LogP contribution in [0.1, 0.15) is 18.4 Å². The summed E-state index contributed by atoms with van der Waals surface area (Å²) in [7, 11) is 0. The van der Waals surface area contributed by atoms with Crippen molar-refractivity contribution in [2.45, 2.75) is 19.4 Å². The van der Waals surface area contributed by atoms with Crippen molar-refractivity contribution in [3.05, 3.63) is 66.2 Å². The summed E-state index contributed by atoms with van der Waals surface area (Å²) >= 11 is 0. The molecule has 2 aromatic carbocycles. The minimum Gasteiger partial charge on any atom is -0.466 e. The normalized spacial score (nSPS) is 15.1. The lowest BCUT2D eigenvalue weighted by molar-refractivity contribution is -0.121. The van der Waals surface area contributed by atoms with Crippen molar-refractivity contribution in [2.75, 3.05) is 18.1 Å². The largest absolute Gasteiger partial charge is 0.466 e. The molecule has 5 rings (SSSR count). The molecule has 0 unspecified atom stereocenters. The predicted molar refractivity (Wildman–Crippen MR) is 121 cm³/mol. The molecule has 2 N–H and O–H groups in total. The van der Waals surface area contributed by atoms with Crippen LogP contribution in [0.5, 0.6) is 5.88 Å². The summed E-state index contributed by atoms with van der Waals surface area (Å²) in [5, 5.41) is 11.2.